The molecule has 3 heteroatoms. The molecule has 0 aromatic carbocycles. The highest BCUT2D eigenvalue weighted by molar-refractivity contribution is 5.82. The van der Waals surface area contributed by atoms with Gasteiger partial charge in [-0.15, -0.1) is 0 Å². The van der Waals surface area contributed by atoms with Crippen LogP contribution in [0.4, 0.5) is 0 Å². The van der Waals surface area contributed by atoms with Crippen LogP contribution in [0.25, 0.3) is 0 Å². The van der Waals surface area contributed by atoms with Crippen molar-refractivity contribution in [1.82, 2.24) is 0 Å². The van der Waals surface area contributed by atoms with Crippen LogP contribution in [0, 0.1) is 0 Å². The van der Waals surface area contributed by atoms with Gasteiger partial charge < -0.3 is 9.47 Å². The molecule has 13 heavy (non-hydrogen) atoms. The summed E-state index contributed by atoms with van der Waals surface area (Å²) in [6.45, 7) is 5.12. The van der Waals surface area contributed by atoms with Crippen LogP contribution in [-0.2, 0) is 14.3 Å². The van der Waals surface area contributed by atoms with Crippen molar-refractivity contribution in [2.24, 2.45) is 0 Å². The molecule has 1 fully saturated rings. The van der Waals surface area contributed by atoms with Crippen LogP contribution >= 0.6 is 0 Å². The number of hydrogen-bond donors (Lipinski definition) is 0. The number of allylic oxidation sites excluding steroid dienone is 1. The molecule has 0 aliphatic carbocycles. The van der Waals surface area contributed by atoms with E-state index in [1.165, 1.54) is 0 Å². The van der Waals surface area contributed by atoms with Crippen molar-refractivity contribution in [2.75, 3.05) is 13.2 Å². The van der Waals surface area contributed by atoms with Crippen LogP contribution in [0.5, 0.6) is 0 Å². The van der Waals surface area contributed by atoms with Crippen LogP contribution in [0.15, 0.2) is 11.6 Å². The van der Waals surface area contributed by atoms with E-state index >= 15 is 0 Å². The number of carbonyl (C=O) groups is 1. The fraction of sp³-hybridized carbons (Fsp3) is 0.700. The van der Waals surface area contributed by atoms with E-state index in [1.807, 2.05) is 13.8 Å². The third-order valence-electron chi connectivity index (χ3n) is 2.13. The first-order chi connectivity index (χ1) is 6.22. The molecule has 0 N–H and O–H groups in total. The maximum atomic E-state index is 11.1. The summed E-state index contributed by atoms with van der Waals surface area (Å²) in [4.78, 5) is 11.1. The van der Waals surface area contributed by atoms with Crippen molar-refractivity contribution >= 4 is 5.97 Å². The van der Waals surface area contributed by atoms with Crippen LogP contribution in [-0.4, -0.2) is 25.3 Å². The first kappa shape index (κ1) is 10.3. The molecule has 1 aliphatic rings. The van der Waals surface area contributed by atoms with Gasteiger partial charge in [0.1, 0.15) is 6.61 Å². The Morgan fingerprint density at radius 2 is 2.38 bits per heavy atom. The highest BCUT2D eigenvalue weighted by Crippen LogP contribution is 2.11. The molecule has 1 heterocycles. The van der Waals surface area contributed by atoms with Gasteiger partial charge in [0.15, 0.2) is 0 Å². The summed E-state index contributed by atoms with van der Waals surface area (Å²) in [6, 6.07) is 0. The van der Waals surface area contributed by atoms with E-state index in [2.05, 4.69) is 0 Å². The fourth-order valence-corrected chi connectivity index (χ4v) is 0.936. The third-order valence-corrected chi connectivity index (χ3v) is 2.13. The first-order valence-electron chi connectivity index (χ1n) is 4.68. The molecule has 1 atom stereocenters. The Hall–Kier alpha value is -0.830. The van der Waals surface area contributed by atoms with Crippen molar-refractivity contribution in [1.29, 1.82) is 0 Å². The summed E-state index contributed by atoms with van der Waals surface area (Å²) in [7, 11) is 0. The Kier molecular flexibility index (Phi) is 3.96. The minimum atomic E-state index is -0.255. The molecule has 0 radical (unpaired) electrons. The van der Waals surface area contributed by atoms with E-state index < -0.39 is 0 Å². The topological polar surface area (TPSA) is 35.5 Å². The Bertz CT molecular complexity index is 204. The van der Waals surface area contributed by atoms with Gasteiger partial charge in [0.25, 0.3) is 0 Å². The highest BCUT2D eigenvalue weighted by atomic mass is 16.6. The lowest BCUT2D eigenvalue weighted by Crippen LogP contribution is -2.32. The van der Waals surface area contributed by atoms with Gasteiger partial charge in [-0.2, -0.15) is 0 Å². The quantitative estimate of drug-likeness (QED) is 0.492. The lowest BCUT2D eigenvalue weighted by Gasteiger charge is -2.25. The second-order valence-electron chi connectivity index (χ2n) is 3.26. The summed E-state index contributed by atoms with van der Waals surface area (Å²) in [5.74, 6) is -0.255. The molecular formula is C10H16O3. The van der Waals surface area contributed by atoms with Gasteiger partial charge in [-0.1, -0.05) is 12.5 Å². The zero-order valence-corrected chi connectivity index (χ0v) is 8.21. The zero-order chi connectivity index (χ0) is 9.68. The number of hydrogen-bond acceptors (Lipinski definition) is 3. The largest absolute Gasteiger partial charge is 0.460 e. The SMILES string of the molecule is CCC(C)=CC(=O)OCC1CCO1. The molecule has 0 aromatic heterocycles. The lowest BCUT2D eigenvalue weighted by atomic mass is 10.2. The van der Waals surface area contributed by atoms with Crippen molar-refractivity contribution < 1.29 is 14.3 Å². The Morgan fingerprint density at radius 3 is 2.85 bits per heavy atom. The number of ether oxygens (including phenoxy) is 2. The molecule has 1 aliphatic heterocycles. The van der Waals surface area contributed by atoms with Gasteiger partial charge in [-0.25, -0.2) is 4.79 Å². The molecular weight excluding hydrogens is 168 g/mol. The average molecular weight is 184 g/mol. The van der Waals surface area contributed by atoms with Crippen molar-refractivity contribution in [3.05, 3.63) is 11.6 Å². The second-order valence-corrected chi connectivity index (χ2v) is 3.26. The molecule has 0 saturated carbocycles. The van der Waals surface area contributed by atoms with Gasteiger partial charge in [0, 0.05) is 19.1 Å². The predicted molar refractivity (Wildman–Crippen MR) is 49.4 cm³/mol. The Balaban J connectivity index is 2.16. The van der Waals surface area contributed by atoms with Crippen molar-refractivity contribution in [3.8, 4) is 0 Å². The monoisotopic (exact) mass is 184 g/mol. The molecule has 0 spiro atoms. The molecule has 3 nitrogen and oxygen atoms in total. The van der Waals surface area contributed by atoms with Gasteiger partial charge in [0.2, 0.25) is 0 Å². The van der Waals surface area contributed by atoms with E-state index in [-0.39, 0.29) is 12.1 Å². The van der Waals surface area contributed by atoms with Gasteiger partial charge in [-0.3, -0.25) is 0 Å². The maximum absolute atomic E-state index is 11.1. The lowest BCUT2D eigenvalue weighted by molar-refractivity contribution is -0.148. The van der Waals surface area contributed by atoms with Crippen molar-refractivity contribution in [3.63, 3.8) is 0 Å². The molecule has 1 saturated heterocycles. The van der Waals surface area contributed by atoms with Crippen molar-refractivity contribution in [2.45, 2.75) is 32.8 Å². The maximum Gasteiger partial charge on any atom is 0.330 e. The summed E-state index contributed by atoms with van der Waals surface area (Å²) < 4.78 is 10.1. The van der Waals surface area contributed by atoms with E-state index in [0.717, 1.165) is 25.0 Å². The zero-order valence-electron chi connectivity index (χ0n) is 8.21. The molecule has 1 rings (SSSR count). The minimum Gasteiger partial charge on any atom is -0.460 e. The third kappa shape index (κ3) is 3.59. The molecule has 74 valence electrons. The second kappa shape index (κ2) is 5.02. The highest BCUT2D eigenvalue weighted by Gasteiger charge is 2.19. The van der Waals surface area contributed by atoms with Gasteiger partial charge >= 0.3 is 5.97 Å². The van der Waals surface area contributed by atoms with Gasteiger partial charge in [0.05, 0.1) is 6.10 Å². The molecule has 0 aromatic rings. The first-order valence-corrected chi connectivity index (χ1v) is 4.68. The standard InChI is InChI=1S/C10H16O3/c1-3-8(2)6-10(11)13-7-9-4-5-12-9/h6,9H,3-5,7H2,1-2H3. The van der Waals surface area contributed by atoms with Crippen LogP contribution in [0.1, 0.15) is 26.7 Å². The number of esters is 1. The van der Waals surface area contributed by atoms with E-state index in [1.54, 1.807) is 6.08 Å². The normalized spacial score (nSPS) is 22.3. The van der Waals surface area contributed by atoms with E-state index in [0.29, 0.717) is 6.61 Å². The molecule has 0 amide bonds. The summed E-state index contributed by atoms with van der Waals surface area (Å²) >= 11 is 0. The molecule has 1 unspecified atom stereocenters. The summed E-state index contributed by atoms with van der Waals surface area (Å²) in [6.07, 6.45) is 3.57. The molecule has 0 bridgehead atoms. The predicted octanol–water partition coefficient (Wildman–Crippen LogP) is 1.67. The smallest absolute Gasteiger partial charge is 0.330 e. The Labute approximate surface area is 78.7 Å². The minimum absolute atomic E-state index is 0.138. The van der Waals surface area contributed by atoms with E-state index in [9.17, 15) is 4.79 Å². The number of carbonyl (C=O) groups excluding carboxylic acids is 1. The van der Waals surface area contributed by atoms with Gasteiger partial charge in [-0.05, 0) is 13.3 Å². The van der Waals surface area contributed by atoms with Crippen LogP contribution in [0.2, 0.25) is 0 Å². The van der Waals surface area contributed by atoms with E-state index in [4.69, 9.17) is 9.47 Å². The summed E-state index contributed by atoms with van der Waals surface area (Å²) in [5, 5.41) is 0. The fourth-order valence-electron chi connectivity index (χ4n) is 0.936. The van der Waals surface area contributed by atoms with Crippen LogP contribution < -0.4 is 0 Å². The Morgan fingerprint density at radius 1 is 1.69 bits per heavy atom. The van der Waals surface area contributed by atoms with Crippen LogP contribution in [0.3, 0.4) is 0 Å². The average Bonchev–Trinajstić information content (AvgIpc) is 2.01. The summed E-state index contributed by atoms with van der Waals surface area (Å²) in [5.41, 5.74) is 1.04. The number of rotatable bonds is 4.